The highest BCUT2D eigenvalue weighted by atomic mass is 32.1. The normalized spacial score (nSPS) is 15.3. The Morgan fingerprint density at radius 3 is 2.81 bits per heavy atom. The van der Waals surface area contributed by atoms with Gasteiger partial charge in [-0.1, -0.05) is 18.2 Å². The van der Waals surface area contributed by atoms with Crippen LogP contribution in [0.15, 0.2) is 29.6 Å². The molecule has 5 heteroatoms. The Bertz CT molecular complexity index is 632. The van der Waals surface area contributed by atoms with Crippen LogP contribution in [0.5, 0.6) is 0 Å². The van der Waals surface area contributed by atoms with Crippen LogP contribution in [-0.4, -0.2) is 28.9 Å². The highest BCUT2D eigenvalue weighted by molar-refractivity contribution is 7.09. The summed E-state index contributed by atoms with van der Waals surface area (Å²) in [5.41, 5.74) is 2.55. The van der Waals surface area contributed by atoms with Gasteiger partial charge in [-0.3, -0.25) is 9.69 Å². The van der Waals surface area contributed by atoms with Crippen LogP contribution >= 0.6 is 11.3 Å². The third kappa shape index (κ3) is 3.49. The molecule has 0 unspecified atom stereocenters. The molecule has 2 aromatic rings. The van der Waals surface area contributed by atoms with Crippen LogP contribution in [-0.2, 0) is 6.54 Å². The van der Waals surface area contributed by atoms with Crippen molar-refractivity contribution in [2.75, 3.05) is 18.4 Å². The molecular weight excluding hydrogens is 282 g/mol. The Labute approximate surface area is 128 Å². The zero-order valence-corrected chi connectivity index (χ0v) is 12.9. The summed E-state index contributed by atoms with van der Waals surface area (Å²) < 4.78 is 0. The average Bonchev–Trinajstić information content (AvgIpc) is 3.12. The lowest BCUT2D eigenvalue weighted by atomic mass is 10.1. The van der Waals surface area contributed by atoms with Crippen molar-refractivity contribution in [3.63, 3.8) is 0 Å². The first-order chi connectivity index (χ1) is 10.2. The van der Waals surface area contributed by atoms with Gasteiger partial charge in [0.2, 0.25) is 0 Å². The summed E-state index contributed by atoms with van der Waals surface area (Å²) in [7, 11) is 0. The Morgan fingerprint density at radius 2 is 2.10 bits per heavy atom. The van der Waals surface area contributed by atoms with Crippen molar-refractivity contribution < 1.29 is 4.79 Å². The molecule has 1 saturated heterocycles. The van der Waals surface area contributed by atoms with Crippen LogP contribution in [0, 0.1) is 6.92 Å². The average molecular weight is 301 g/mol. The molecule has 1 aromatic heterocycles. The van der Waals surface area contributed by atoms with Gasteiger partial charge in [0.1, 0.15) is 5.69 Å². The van der Waals surface area contributed by atoms with Gasteiger partial charge < -0.3 is 5.32 Å². The number of para-hydroxylation sites is 1. The van der Waals surface area contributed by atoms with Crippen LogP contribution in [0.3, 0.4) is 0 Å². The van der Waals surface area contributed by atoms with Gasteiger partial charge in [-0.2, -0.15) is 0 Å². The molecule has 1 amide bonds. The number of aromatic nitrogens is 1. The van der Waals surface area contributed by atoms with Crippen molar-refractivity contribution in [2.24, 2.45) is 0 Å². The second-order valence-electron chi connectivity index (χ2n) is 5.35. The number of rotatable bonds is 4. The minimum absolute atomic E-state index is 0.131. The smallest absolute Gasteiger partial charge is 0.275 e. The number of thiazole rings is 1. The van der Waals surface area contributed by atoms with Gasteiger partial charge in [-0.05, 0) is 44.5 Å². The number of likely N-dealkylation sites (tertiary alicyclic amines) is 1. The molecule has 1 aliphatic heterocycles. The first-order valence-corrected chi connectivity index (χ1v) is 8.14. The molecule has 1 aliphatic rings. The number of anilines is 1. The summed E-state index contributed by atoms with van der Waals surface area (Å²) in [5, 5.41) is 5.70. The summed E-state index contributed by atoms with van der Waals surface area (Å²) in [5.74, 6) is -0.131. The minimum atomic E-state index is -0.131. The molecule has 1 aromatic carbocycles. The highest BCUT2D eigenvalue weighted by Gasteiger charge is 2.15. The number of hydrogen-bond acceptors (Lipinski definition) is 4. The maximum atomic E-state index is 12.2. The van der Waals surface area contributed by atoms with E-state index in [1.807, 2.05) is 25.1 Å². The Balaban J connectivity index is 1.73. The highest BCUT2D eigenvalue weighted by Crippen LogP contribution is 2.21. The lowest BCUT2D eigenvalue weighted by molar-refractivity contribution is 0.102. The summed E-state index contributed by atoms with van der Waals surface area (Å²) in [6.45, 7) is 5.09. The molecule has 0 bridgehead atoms. The number of benzene rings is 1. The lowest BCUT2D eigenvalue weighted by Gasteiger charge is -2.17. The van der Waals surface area contributed by atoms with Crippen LogP contribution in [0.1, 0.15) is 33.9 Å². The van der Waals surface area contributed by atoms with Gasteiger partial charge in [-0.15, -0.1) is 11.3 Å². The summed E-state index contributed by atoms with van der Waals surface area (Å²) in [4.78, 5) is 18.9. The van der Waals surface area contributed by atoms with Gasteiger partial charge >= 0.3 is 0 Å². The van der Waals surface area contributed by atoms with Crippen molar-refractivity contribution in [1.82, 2.24) is 9.88 Å². The van der Waals surface area contributed by atoms with Gasteiger partial charge in [0.25, 0.3) is 5.91 Å². The van der Waals surface area contributed by atoms with Crippen molar-refractivity contribution in [3.8, 4) is 0 Å². The number of carbonyl (C=O) groups excluding carboxylic acids is 1. The van der Waals surface area contributed by atoms with Crippen LogP contribution < -0.4 is 5.32 Å². The molecule has 0 radical (unpaired) electrons. The third-order valence-electron chi connectivity index (χ3n) is 3.71. The molecule has 0 spiro atoms. The topological polar surface area (TPSA) is 45.2 Å². The van der Waals surface area contributed by atoms with Crippen LogP contribution in [0.2, 0.25) is 0 Å². The molecule has 3 rings (SSSR count). The first-order valence-electron chi connectivity index (χ1n) is 7.26. The van der Waals surface area contributed by atoms with E-state index in [0.29, 0.717) is 5.69 Å². The van der Waals surface area contributed by atoms with E-state index in [2.05, 4.69) is 21.3 Å². The largest absolute Gasteiger partial charge is 0.320 e. The summed E-state index contributed by atoms with van der Waals surface area (Å²) in [6.07, 6.45) is 2.54. The Morgan fingerprint density at radius 1 is 1.33 bits per heavy atom. The van der Waals surface area contributed by atoms with Crippen molar-refractivity contribution >= 4 is 22.9 Å². The minimum Gasteiger partial charge on any atom is -0.320 e. The fraction of sp³-hybridized carbons (Fsp3) is 0.375. The van der Waals surface area contributed by atoms with Crippen molar-refractivity contribution in [3.05, 3.63) is 45.9 Å². The molecule has 110 valence electrons. The number of carbonyl (C=O) groups is 1. The fourth-order valence-corrected chi connectivity index (χ4v) is 3.21. The molecular formula is C16H19N3OS. The maximum Gasteiger partial charge on any atom is 0.275 e. The maximum absolute atomic E-state index is 12.2. The molecule has 0 saturated carbocycles. The van der Waals surface area contributed by atoms with Crippen molar-refractivity contribution in [1.29, 1.82) is 0 Å². The van der Waals surface area contributed by atoms with Crippen molar-refractivity contribution in [2.45, 2.75) is 26.3 Å². The quantitative estimate of drug-likeness (QED) is 0.942. The number of nitrogens with zero attached hydrogens (tertiary/aromatic N) is 2. The molecule has 21 heavy (non-hydrogen) atoms. The monoisotopic (exact) mass is 301 g/mol. The number of nitrogens with one attached hydrogen (secondary N) is 1. The van der Waals surface area contributed by atoms with E-state index in [-0.39, 0.29) is 5.91 Å². The second-order valence-corrected chi connectivity index (χ2v) is 6.41. The SMILES string of the molecule is Cc1nc(C(=O)Nc2ccccc2CN2CCCC2)cs1. The fourth-order valence-electron chi connectivity index (χ4n) is 2.62. The third-order valence-corrected chi connectivity index (χ3v) is 4.48. The molecule has 0 atom stereocenters. The van der Waals surface area contributed by atoms with Crippen LogP contribution in [0.4, 0.5) is 5.69 Å². The van der Waals surface area contributed by atoms with E-state index in [1.54, 1.807) is 5.38 Å². The Kier molecular flexibility index (Phi) is 4.31. The number of hydrogen-bond donors (Lipinski definition) is 1. The lowest BCUT2D eigenvalue weighted by Crippen LogP contribution is -2.20. The van der Waals surface area contributed by atoms with Gasteiger partial charge in [0.05, 0.1) is 5.01 Å². The van der Waals surface area contributed by atoms with Gasteiger partial charge in [0, 0.05) is 17.6 Å². The van der Waals surface area contributed by atoms with E-state index < -0.39 is 0 Å². The molecule has 2 heterocycles. The van der Waals surface area contributed by atoms with E-state index >= 15 is 0 Å². The Hall–Kier alpha value is -1.72. The van der Waals surface area contributed by atoms with E-state index in [9.17, 15) is 4.79 Å². The van der Waals surface area contributed by atoms with E-state index in [0.717, 1.165) is 30.3 Å². The zero-order chi connectivity index (χ0) is 14.7. The molecule has 1 N–H and O–H groups in total. The van der Waals surface area contributed by atoms with Gasteiger partial charge in [-0.25, -0.2) is 4.98 Å². The molecule has 0 aliphatic carbocycles. The van der Waals surface area contributed by atoms with Gasteiger partial charge in [0.15, 0.2) is 0 Å². The predicted octanol–water partition coefficient (Wildman–Crippen LogP) is 3.30. The standard InChI is InChI=1S/C16H19N3OS/c1-12-17-15(11-21-12)16(20)18-14-7-3-2-6-13(14)10-19-8-4-5-9-19/h2-3,6-7,11H,4-5,8-10H2,1H3,(H,18,20). The number of aryl methyl sites for hydroxylation is 1. The second kappa shape index (κ2) is 6.37. The van der Waals surface area contributed by atoms with Crippen LogP contribution in [0.25, 0.3) is 0 Å². The van der Waals surface area contributed by atoms with E-state index in [1.165, 1.54) is 29.7 Å². The predicted molar refractivity (Wildman–Crippen MR) is 85.8 cm³/mol. The summed E-state index contributed by atoms with van der Waals surface area (Å²) in [6, 6.07) is 8.02. The molecule has 1 fully saturated rings. The van der Waals surface area contributed by atoms with E-state index in [4.69, 9.17) is 0 Å². The number of amides is 1. The zero-order valence-electron chi connectivity index (χ0n) is 12.1. The summed E-state index contributed by atoms with van der Waals surface area (Å²) >= 11 is 1.49. The molecule has 4 nitrogen and oxygen atoms in total. The first kappa shape index (κ1) is 14.2.